The first kappa shape index (κ1) is 13.8. The van der Waals surface area contributed by atoms with Gasteiger partial charge in [0, 0.05) is 19.1 Å². The van der Waals surface area contributed by atoms with Gasteiger partial charge in [0.1, 0.15) is 0 Å². The van der Waals surface area contributed by atoms with Gasteiger partial charge in [0.25, 0.3) is 0 Å². The van der Waals surface area contributed by atoms with Crippen molar-refractivity contribution in [3.8, 4) is 0 Å². The van der Waals surface area contributed by atoms with Crippen LogP contribution in [0.25, 0.3) is 0 Å². The number of carbonyl (C=O) groups is 1. The highest BCUT2D eigenvalue weighted by Gasteiger charge is 2.36. The summed E-state index contributed by atoms with van der Waals surface area (Å²) in [6, 6.07) is 0.425. The second-order valence-electron chi connectivity index (χ2n) is 6.18. The van der Waals surface area contributed by atoms with Crippen LogP contribution in [0.3, 0.4) is 0 Å². The first-order chi connectivity index (χ1) is 8.47. The fraction of sp³-hybridized carbons (Fsp3) is 0.929. The summed E-state index contributed by atoms with van der Waals surface area (Å²) in [7, 11) is 0. The van der Waals surface area contributed by atoms with Gasteiger partial charge in [-0.1, -0.05) is 13.8 Å². The van der Waals surface area contributed by atoms with Gasteiger partial charge in [-0.3, -0.25) is 9.69 Å². The van der Waals surface area contributed by atoms with Crippen molar-refractivity contribution in [3.05, 3.63) is 0 Å². The van der Waals surface area contributed by atoms with E-state index in [1.54, 1.807) is 0 Å². The first-order valence-corrected chi connectivity index (χ1v) is 7.17. The summed E-state index contributed by atoms with van der Waals surface area (Å²) in [5.41, 5.74) is 0. The first-order valence-electron chi connectivity index (χ1n) is 7.17. The SMILES string of the molecule is CC1CN(C(C(=O)NC2CC2)C(C)C)CC(C)O1. The number of rotatable bonds is 4. The minimum atomic E-state index is -0.0144. The molecule has 0 aromatic heterocycles. The Kier molecular flexibility index (Phi) is 4.28. The Morgan fingerprint density at radius 2 is 1.78 bits per heavy atom. The van der Waals surface area contributed by atoms with Gasteiger partial charge in [0.05, 0.1) is 18.2 Å². The van der Waals surface area contributed by atoms with Gasteiger partial charge < -0.3 is 10.1 Å². The molecule has 1 aliphatic carbocycles. The number of hydrogen-bond donors (Lipinski definition) is 1. The van der Waals surface area contributed by atoms with Gasteiger partial charge in [-0.2, -0.15) is 0 Å². The molecule has 1 amide bonds. The molecule has 3 unspecified atom stereocenters. The molecule has 4 heteroatoms. The average molecular weight is 254 g/mol. The van der Waals surface area contributed by atoms with Crippen LogP contribution in [-0.2, 0) is 9.53 Å². The van der Waals surface area contributed by atoms with E-state index in [9.17, 15) is 4.79 Å². The van der Waals surface area contributed by atoms with Crippen molar-refractivity contribution in [2.24, 2.45) is 5.92 Å². The fourth-order valence-corrected chi connectivity index (χ4v) is 2.85. The second kappa shape index (κ2) is 5.57. The number of ether oxygens (including phenoxy) is 1. The highest BCUT2D eigenvalue weighted by Crippen LogP contribution is 2.22. The molecule has 1 saturated heterocycles. The molecule has 4 nitrogen and oxygen atoms in total. The van der Waals surface area contributed by atoms with Crippen molar-refractivity contribution in [1.82, 2.24) is 10.2 Å². The van der Waals surface area contributed by atoms with E-state index in [-0.39, 0.29) is 24.2 Å². The molecule has 2 rings (SSSR count). The Morgan fingerprint density at radius 3 is 2.22 bits per heavy atom. The zero-order valence-corrected chi connectivity index (χ0v) is 12.0. The summed E-state index contributed by atoms with van der Waals surface area (Å²) < 4.78 is 5.75. The predicted molar refractivity (Wildman–Crippen MR) is 71.4 cm³/mol. The molecular formula is C14H26N2O2. The molecule has 0 aromatic rings. The zero-order chi connectivity index (χ0) is 13.3. The molecule has 0 spiro atoms. The topological polar surface area (TPSA) is 41.6 Å². The number of nitrogens with zero attached hydrogens (tertiary/aromatic N) is 1. The molecule has 3 atom stereocenters. The van der Waals surface area contributed by atoms with Gasteiger partial charge in [0.2, 0.25) is 5.91 Å². The fourth-order valence-electron chi connectivity index (χ4n) is 2.85. The van der Waals surface area contributed by atoms with Crippen LogP contribution in [-0.4, -0.2) is 48.2 Å². The number of carbonyl (C=O) groups excluding carboxylic acids is 1. The van der Waals surface area contributed by atoms with Crippen LogP contribution in [0.4, 0.5) is 0 Å². The Hall–Kier alpha value is -0.610. The van der Waals surface area contributed by atoms with Crippen molar-refractivity contribution >= 4 is 5.91 Å². The third-order valence-corrected chi connectivity index (χ3v) is 3.67. The summed E-state index contributed by atoms with van der Waals surface area (Å²) in [6.07, 6.45) is 2.71. The van der Waals surface area contributed by atoms with Crippen molar-refractivity contribution in [2.75, 3.05) is 13.1 Å². The van der Waals surface area contributed by atoms with E-state index in [1.807, 2.05) is 0 Å². The lowest BCUT2D eigenvalue weighted by molar-refractivity contribution is -0.135. The maximum absolute atomic E-state index is 12.4. The lowest BCUT2D eigenvalue weighted by atomic mass is 9.99. The van der Waals surface area contributed by atoms with Crippen LogP contribution in [0.2, 0.25) is 0 Å². The number of amides is 1. The minimum Gasteiger partial charge on any atom is -0.373 e. The highest BCUT2D eigenvalue weighted by molar-refractivity contribution is 5.82. The molecule has 1 N–H and O–H groups in total. The largest absolute Gasteiger partial charge is 0.373 e. The van der Waals surface area contributed by atoms with Crippen LogP contribution < -0.4 is 5.32 Å². The molecule has 0 bridgehead atoms. The van der Waals surface area contributed by atoms with Gasteiger partial charge in [0.15, 0.2) is 0 Å². The summed E-state index contributed by atoms with van der Waals surface area (Å²) in [4.78, 5) is 14.6. The third kappa shape index (κ3) is 3.45. The van der Waals surface area contributed by atoms with E-state index >= 15 is 0 Å². The van der Waals surface area contributed by atoms with Gasteiger partial charge in [-0.25, -0.2) is 0 Å². The normalized spacial score (nSPS) is 31.4. The zero-order valence-electron chi connectivity index (χ0n) is 12.0. The minimum absolute atomic E-state index is 0.0144. The van der Waals surface area contributed by atoms with E-state index in [0.29, 0.717) is 12.0 Å². The van der Waals surface area contributed by atoms with Crippen molar-refractivity contribution in [1.29, 1.82) is 0 Å². The van der Waals surface area contributed by atoms with E-state index < -0.39 is 0 Å². The van der Waals surface area contributed by atoms with E-state index in [1.165, 1.54) is 0 Å². The van der Waals surface area contributed by atoms with E-state index in [0.717, 1.165) is 25.9 Å². The third-order valence-electron chi connectivity index (χ3n) is 3.67. The lowest BCUT2D eigenvalue weighted by Gasteiger charge is -2.41. The molecule has 0 aromatic carbocycles. The number of hydrogen-bond acceptors (Lipinski definition) is 3. The Balaban J connectivity index is 2.00. The Labute approximate surface area is 110 Å². The van der Waals surface area contributed by atoms with Gasteiger partial charge in [-0.15, -0.1) is 0 Å². The van der Waals surface area contributed by atoms with Crippen LogP contribution in [0.1, 0.15) is 40.5 Å². The van der Waals surface area contributed by atoms with Gasteiger partial charge in [-0.05, 0) is 32.6 Å². The Morgan fingerprint density at radius 1 is 1.22 bits per heavy atom. The molecule has 104 valence electrons. The van der Waals surface area contributed by atoms with E-state index in [4.69, 9.17) is 4.74 Å². The summed E-state index contributed by atoms with van der Waals surface area (Å²) >= 11 is 0. The summed E-state index contributed by atoms with van der Waals surface area (Å²) in [6.45, 7) is 10.1. The van der Waals surface area contributed by atoms with Crippen molar-refractivity contribution in [3.63, 3.8) is 0 Å². The molecule has 2 aliphatic rings. The summed E-state index contributed by atoms with van der Waals surface area (Å²) in [5.74, 6) is 0.537. The molecule has 0 radical (unpaired) electrons. The smallest absolute Gasteiger partial charge is 0.237 e. The van der Waals surface area contributed by atoms with Crippen LogP contribution in [0.5, 0.6) is 0 Å². The molecule has 1 saturated carbocycles. The predicted octanol–water partition coefficient (Wildman–Crippen LogP) is 1.40. The lowest BCUT2D eigenvalue weighted by Crippen LogP contribution is -2.57. The van der Waals surface area contributed by atoms with Crippen LogP contribution >= 0.6 is 0 Å². The Bertz CT molecular complexity index is 292. The second-order valence-corrected chi connectivity index (χ2v) is 6.18. The van der Waals surface area contributed by atoms with Crippen LogP contribution in [0, 0.1) is 5.92 Å². The maximum atomic E-state index is 12.4. The van der Waals surface area contributed by atoms with Crippen LogP contribution in [0.15, 0.2) is 0 Å². The quantitative estimate of drug-likeness (QED) is 0.824. The maximum Gasteiger partial charge on any atom is 0.237 e. The standard InChI is InChI=1S/C14H26N2O2/c1-9(2)13(14(17)15-12-5-6-12)16-7-10(3)18-11(4)8-16/h9-13H,5-8H2,1-4H3,(H,15,17). The molecule has 2 fully saturated rings. The van der Waals surface area contributed by atoms with Crippen molar-refractivity contribution < 1.29 is 9.53 Å². The van der Waals surface area contributed by atoms with E-state index in [2.05, 4.69) is 37.9 Å². The van der Waals surface area contributed by atoms with Gasteiger partial charge >= 0.3 is 0 Å². The molecule has 1 heterocycles. The number of morpholine rings is 1. The van der Waals surface area contributed by atoms with Crippen molar-refractivity contribution in [2.45, 2.75) is 64.8 Å². The molecule has 18 heavy (non-hydrogen) atoms. The number of nitrogens with one attached hydrogen (secondary N) is 1. The average Bonchev–Trinajstić information content (AvgIpc) is 2.99. The summed E-state index contributed by atoms with van der Waals surface area (Å²) in [5, 5.41) is 3.14. The monoisotopic (exact) mass is 254 g/mol. The highest BCUT2D eigenvalue weighted by atomic mass is 16.5. The molecular weight excluding hydrogens is 228 g/mol. The molecule has 1 aliphatic heterocycles.